The van der Waals surface area contributed by atoms with E-state index in [2.05, 4.69) is 26.6 Å². The summed E-state index contributed by atoms with van der Waals surface area (Å²) in [6, 6.07) is 11.3. The largest absolute Gasteiger partial charge is 0.354 e. The molecule has 2 amide bonds. The first-order valence-corrected chi connectivity index (χ1v) is 10.4. The molecule has 2 aromatic carbocycles. The summed E-state index contributed by atoms with van der Waals surface area (Å²) in [7, 11) is -3.85. The minimum absolute atomic E-state index is 0.0163. The van der Waals surface area contributed by atoms with Gasteiger partial charge in [-0.3, -0.25) is 9.59 Å². The molecule has 0 bridgehead atoms. The zero-order valence-electron chi connectivity index (χ0n) is 14.5. The molecule has 7 nitrogen and oxygen atoms in total. The standard InChI is InChI=1S/C18H18BrN3O4S/c1-12-9-14(19)5-6-16(12)21-18(24)13-3-2-4-15(10-13)27(25,26)22-8-7-20-17(23)11-22/h2-6,9-10H,7-8,11H2,1H3,(H,20,23)(H,21,24). The van der Waals surface area contributed by atoms with Crippen LogP contribution in [-0.2, 0) is 14.8 Å². The van der Waals surface area contributed by atoms with Crippen molar-refractivity contribution in [2.45, 2.75) is 11.8 Å². The fourth-order valence-electron chi connectivity index (χ4n) is 2.73. The third kappa shape index (κ3) is 4.37. The Morgan fingerprint density at radius 1 is 1.22 bits per heavy atom. The molecule has 0 atom stereocenters. The molecule has 0 aliphatic carbocycles. The molecule has 0 radical (unpaired) electrons. The van der Waals surface area contributed by atoms with Gasteiger partial charge in [0.15, 0.2) is 0 Å². The van der Waals surface area contributed by atoms with Crippen molar-refractivity contribution in [2.75, 3.05) is 25.0 Å². The van der Waals surface area contributed by atoms with Crippen molar-refractivity contribution in [3.05, 3.63) is 58.1 Å². The van der Waals surface area contributed by atoms with E-state index < -0.39 is 15.9 Å². The van der Waals surface area contributed by atoms with Crippen molar-refractivity contribution in [1.29, 1.82) is 0 Å². The molecule has 1 fully saturated rings. The van der Waals surface area contributed by atoms with Crippen LogP contribution in [0.1, 0.15) is 15.9 Å². The van der Waals surface area contributed by atoms with Crippen LogP contribution in [0, 0.1) is 6.92 Å². The Hall–Kier alpha value is -2.23. The number of rotatable bonds is 4. The van der Waals surface area contributed by atoms with Crippen LogP contribution in [0.25, 0.3) is 0 Å². The second-order valence-electron chi connectivity index (χ2n) is 6.13. The number of benzene rings is 2. The highest BCUT2D eigenvalue weighted by Gasteiger charge is 2.29. The molecule has 2 aromatic rings. The van der Waals surface area contributed by atoms with Gasteiger partial charge in [0.2, 0.25) is 15.9 Å². The highest BCUT2D eigenvalue weighted by Crippen LogP contribution is 2.22. The van der Waals surface area contributed by atoms with Gasteiger partial charge in [-0.05, 0) is 48.9 Å². The van der Waals surface area contributed by atoms with Crippen molar-refractivity contribution in [3.63, 3.8) is 0 Å². The van der Waals surface area contributed by atoms with Gasteiger partial charge in [-0.25, -0.2) is 8.42 Å². The van der Waals surface area contributed by atoms with Gasteiger partial charge in [-0.15, -0.1) is 0 Å². The van der Waals surface area contributed by atoms with Gasteiger partial charge in [0.05, 0.1) is 11.4 Å². The van der Waals surface area contributed by atoms with Crippen LogP contribution in [0.3, 0.4) is 0 Å². The number of carbonyl (C=O) groups excluding carboxylic acids is 2. The first kappa shape index (κ1) is 19.5. The van der Waals surface area contributed by atoms with E-state index in [1.165, 1.54) is 18.2 Å². The lowest BCUT2D eigenvalue weighted by Crippen LogP contribution is -2.49. The molecular weight excluding hydrogens is 434 g/mol. The molecule has 2 N–H and O–H groups in total. The smallest absolute Gasteiger partial charge is 0.255 e. The van der Waals surface area contributed by atoms with Crippen LogP contribution in [0.15, 0.2) is 51.8 Å². The fraction of sp³-hybridized carbons (Fsp3) is 0.222. The lowest BCUT2D eigenvalue weighted by atomic mass is 10.1. The lowest BCUT2D eigenvalue weighted by Gasteiger charge is -2.26. The number of hydrogen-bond acceptors (Lipinski definition) is 4. The number of amides is 2. The molecular formula is C18H18BrN3O4S. The summed E-state index contributed by atoms with van der Waals surface area (Å²) in [5.74, 6) is -0.752. The number of carbonyl (C=O) groups is 2. The Morgan fingerprint density at radius 3 is 2.70 bits per heavy atom. The number of aryl methyl sites for hydroxylation is 1. The lowest BCUT2D eigenvalue weighted by molar-refractivity contribution is -0.122. The number of halogens is 1. The van der Waals surface area contributed by atoms with Gasteiger partial charge in [0.25, 0.3) is 5.91 Å². The van der Waals surface area contributed by atoms with Gasteiger partial charge < -0.3 is 10.6 Å². The predicted octanol–water partition coefficient (Wildman–Crippen LogP) is 2.13. The molecule has 3 rings (SSSR count). The summed E-state index contributed by atoms with van der Waals surface area (Å²) in [5.41, 5.74) is 1.74. The summed E-state index contributed by atoms with van der Waals surface area (Å²) in [4.78, 5) is 24.0. The molecule has 27 heavy (non-hydrogen) atoms. The fourth-order valence-corrected chi connectivity index (χ4v) is 4.65. The van der Waals surface area contributed by atoms with Crippen LogP contribution in [0.4, 0.5) is 5.69 Å². The molecule has 1 saturated heterocycles. The van der Waals surface area contributed by atoms with Crippen molar-refractivity contribution in [3.8, 4) is 0 Å². The van der Waals surface area contributed by atoms with Crippen LogP contribution in [0.2, 0.25) is 0 Å². The van der Waals surface area contributed by atoms with Gasteiger partial charge >= 0.3 is 0 Å². The van der Waals surface area contributed by atoms with E-state index in [1.54, 1.807) is 12.1 Å². The third-order valence-corrected chi connectivity index (χ3v) is 6.51. The first-order chi connectivity index (χ1) is 12.8. The summed E-state index contributed by atoms with van der Waals surface area (Å²) in [6.07, 6.45) is 0. The molecule has 1 aliphatic heterocycles. The molecule has 1 heterocycles. The van der Waals surface area contributed by atoms with Gasteiger partial charge in [0, 0.05) is 28.8 Å². The van der Waals surface area contributed by atoms with E-state index in [9.17, 15) is 18.0 Å². The van der Waals surface area contributed by atoms with Crippen LogP contribution in [-0.4, -0.2) is 44.2 Å². The van der Waals surface area contributed by atoms with Gasteiger partial charge in [-0.2, -0.15) is 4.31 Å². The minimum atomic E-state index is -3.85. The third-order valence-electron chi connectivity index (χ3n) is 4.17. The number of nitrogens with one attached hydrogen (secondary N) is 2. The molecule has 0 spiro atoms. The van der Waals surface area contributed by atoms with Crippen LogP contribution < -0.4 is 10.6 Å². The molecule has 0 unspecified atom stereocenters. The Labute approximate surface area is 165 Å². The normalized spacial score (nSPS) is 15.3. The van der Waals surface area contributed by atoms with E-state index in [0.29, 0.717) is 5.69 Å². The Bertz CT molecular complexity index is 1010. The van der Waals surface area contributed by atoms with Gasteiger partial charge in [0.1, 0.15) is 0 Å². The van der Waals surface area contributed by atoms with Crippen molar-refractivity contribution in [1.82, 2.24) is 9.62 Å². The summed E-state index contributed by atoms with van der Waals surface area (Å²) in [6.45, 7) is 2.10. The van der Waals surface area contributed by atoms with E-state index in [0.717, 1.165) is 14.3 Å². The molecule has 9 heteroatoms. The number of anilines is 1. The SMILES string of the molecule is Cc1cc(Br)ccc1NC(=O)c1cccc(S(=O)(=O)N2CCNC(=O)C2)c1. The molecule has 142 valence electrons. The van der Waals surface area contributed by atoms with Gasteiger partial charge in [-0.1, -0.05) is 22.0 Å². The van der Waals surface area contributed by atoms with E-state index >= 15 is 0 Å². The maximum absolute atomic E-state index is 12.8. The van der Waals surface area contributed by atoms with Crippen LogP contribution >= 0.6 is 15.9 Å². The Balaban J connectivity index is 1.84. The number of sulfonamides is 1. The quantitative estimate of drug-likeness (QED) is 0.743. The minimum Gasteiger partial charge on any atom is -0.354 e. The zero-order valence-corrected chi connectivity index (χ0v) is 16.9. The molecule has 0 aromatic heterocycles. The van der Waals surface area contributed by atoms with E-state index in [-0.39, 0.29) is 36.0 Å². The second-order valence-corrected chi connectivity index (χ2v) is 8.98. The Morgan fingerprint density at radius 2 is 2.00 bits per heavy atom. The summed E-state index contributed by atoms with van der Waals surface area (Å²) >= 11 is 3.37. The summed E-state index contributed by atoms with van der Waals surface area (Å²) in [5, 5.41) is 5.38. The number of piperazine rings is 1. The number of nitrogens with zero attached hydrogens (tertiary/aromatic N) is 1. The van der Waals surface area contributed by atoms with Crippen LogP contribution in [0.5, 0.6) is 0 Å². The average molecular weight is 452 g/mol. The Kier molecular flexibility index (Phi) is 5.64. The van der Waals surface area contributed by atoms with E-state index in [4.69, 9.17) is 0 Å². The highest BCUT2D eigenvalue weighted by molar-refractivity contribution is 9.10. The van der Waals surface area contributed by atoms with Crippen molar-refractivity contribution >= 4 is 43.5 Å². The zero-order chi connectivity index (χ0) is 19.6. The van der Waals surface area contributed by atoms with E-state index in [1.807, 2.05) is 19.1 Å². The number of hydrogen-bond donors (Lipinski definition) is 2. The maximum Gasteiger partial charge on any atom is 0.255 e. The van der Waals surface area contributed by atoms with Crippen molar-refractivity contribution < 1.29 is 18.0 Å². The van der Waals surface area contributed by atoms with Crippen molar-refractivity contribution in [2.24, 2.45) is 0 Å². The maximum atomic E-state index is 12.8. The monoisotopic (exact) mass is 451 g/mol. The average Bonchev–Trinajstić information content (AvgIpc) is 2.64. The first-order valence-electron chi connectivity index (χ1n) is 8.22. The molecule has 0 saturated carbocycles. The topological polar surface area (TPSA) is 95.6 Å². The predicted molar refractivity (Wildman–Crippen MR) is 105 cm³/mol. The second kappa shape index (κ2) is 7.79. The summed E-state index contributed by atoms with van der Waals surface area (Å²) < 4.78 is 27.5. The highest BCUT2D eigenvalue weighted by atomic mass is 79.9. The molecule has 1 aliphatic rings.